The number of aromatic amines is 2. The first-order valence-corrected chi connectivity index (χ1v) is 8.40. The molecule has 28 heavy (non-hydrogen) atoms. The van der Waals surface area contributed by atoms with Crippen LogP contribution in [0.1, 0.15) is 0 Å². The van der Waals surface area contributed by atoms with Gasteiger partial charge in [-0.2, -0.15) is 5.10 Å². The minimum absolute atomic E-state index is 0.240. The topological polar surface area (TPSA) is 89.7 Å². The number of halogens is 2. The highest BCUT2D eigenvalue weighted by atomic mass is 19.1. The van der Waals surface area contributed by atoms with E-state index in [1.54, 1.807) is 37.2 Å². The Labute approximate surface area is 158 Å². The third kappa shape index (κ3) is 3.18. The largest absolute Gasteiger partial charge is 0.351 e. The predicted octanol–water partition coefficient (Wildman–Crippen LogP) is 3.40. The Morgan fingerprint density at radius 2 is 1.82 bits per heavy atom. The lowest BCUT2D eigenvalue weighted by molar-refractivity contribution is 0.591. The van der Waals surface area contributed by atoms with E-state index in [1.165, 1.54) is 24.3 Å². The summed E-state index contributed by atoms with van der Waals surface area (Å²) in [4.78, 5) is 20.7. The van der Waals surface area contributed by atoms with Gasteiger partial charge in [0.15, 0.2) is 0 Å². The molecule has 0 aliphatic heterocycles. The highest BCUT2D eigenvalue weighted by Crippen LogP contribution is 2.30. The number of hydrogen-bond acceptors (Lipinski definition) is 5. The summed E-state index contributed by atoms with van der Waals surface area (Å²) in [6, 6.07) is 10.1. The molecule has 0 saturated carbocycles. The maximum absolute atomic E-state index is 13.9. The lowest BCUT2D eigenvalue weighted by Gasteiger charge is -2.11. The molecule has 0 spiro atoms. The first-order chi connectivity index (χ1) is 13.4. The van der Waals surface area contributed by atoms with Crippen LogP contribution in [0.2, 0.25) is 0 Å². The minimum atomic E-state index is -0.695. The molecule has 4 aromatic rings. The SMILES string of the molecule is CN(C)c1nc(-c2n[nH]c3ccc(Nc4c(F)cccc4F)cc23)cc(=O)[nH]1. The van der Waals surface area contributed by atoms with Crippen molar-refractivity contribution in [3.05, 3.63) is 64.5 Å². The van der Waals surface area contributed by atoms with E-state index in [0.717, 1.165) is 0 Å². The summed E-state index contributed by atoms with van der Waals surface area (Å²) in [5, 5.41) is 10.5. The second kappa shape index (κ2) is 6.76. The van der Waals surface area contributed by atoms with E-state index in [-0.39, 0.29) is 11.2 Å². The summed E-state index contributed by atoms with van der Waals surface area (Å²) in [6.07, 6.45) is 0. The van der Waals surface area contributed by atoms with E-state index in [9.17, 15) is 13.6 Å². The van der Waals surface area contributed by atoms with Gasteiger partial charge >= 0.3 is 0 Å². The second-order valence-corrected chi connectivity index (χ2v) is 6.40. The molecule has 0 aliphatic carbocycles. The number of hydrogen-bond donors (Lipinski definition) is 3. The maximum Gasteiger partial charge on any atom is 0.252 e. The Morgan fingerprint density at radius 1 is 1.07 bits per heavy atom. The van der Waals surface area contributed by atoms with Gasteiger partial charge in [0.05, 0.1) is 5.52 Å². The molecule has 3 N–H and O–H groups in total. The summed E-state index contributed by atoms with van der Waals surface area (Å²) >= 11 is 0. The summed E-state index contributed by atoms with van der Waals surface area (Å²) < 4.78 is 27.8. The summed E-state index contributed by atoms with van der Waals surface area (Å²) in [6.45, 7) is 0. The van der Waals surface area contributed by atoms with Crippen molar-refractivity contribution >= 4 is 28.2 Å². The molecule has 9 heteroatoms. The molecule has 0 fully saturated rings. The fraction of sp³-hybridized carbons (Fsp3) is 0.105. The summed E-state index contributed by atoms with van der Waals surface area (Å²) in [5.74, 6) is -1.000. The standard InChI is InChI=1S/C19H16F2N6O/c1-27(2)19-23-15(9-16(28)24-19)17-11-8-10(6-7-14(11)25-26-17)22-18-12(20)4-3-5-13(18)21/h3-9,22H,1-2H3,(H,25,26)(H,23,24,28). The predicted molar refractivity (Wildman–Crippen MR) is 104 cm³/mol. The molecule has 0 bridgehead atoms. The molecule has 0 aliphatic rings. The summed E-state index contributed by atoms with van der Waals surface area (Å²) in [5.41, 5.74) is 1.46. The van der Waals surface area contributed by atoms with Crippen LogP contribution in [0.3, 0.4) is 0 Å². The van der Waals surface area contributed by atoms with Gasteiger partial charge in [0, 0.05) is 31.2 Å². The van der Waals surface area contributed by atoms with E-state index < -0.39 is 11.6 Å². The average Bonchev–Trinajstić information content (AvgIpc) is 3.07. The van der Waals surface area contributed by atoms with E-state index >= 15 is 0 Å². The average molecular weight is 382 g/mol. The normalized spacial score (nSPS) is 11.0. The summed E-state index contributed by atoms with van der Waals surface area (Å²) in [7, 11) is 3.52. The number of para-hydroxylation sites is 1. The van der Waals surface area contributed by atoms with Crippen molar-refractivity contribution in [2.75, 3.05) is 24.3 Å². The van der Waals surface area contributed by atoms with Crippen LogP contribution in [-0.4, -0.2) is 34.3 Å². The van der Waals surface area contributed by atoms with E-state index in [2.05, 4.69) is 25.5 Å². The van der Waals surface area contributed by atoms with Crippen LogP contribution < -0.4 is 15.8 Å². The fourth-order valence-electron chi connectivity index (χ4n) is 2.83. The van der Waals surface area contributed by atoms with Gasteiger partial charge in [-0.15, -0.1) is 0 Å². The van der Waals surface area contributed by atoms with Gasteiger partial charge < -0.3 is 10.2 Å². The number of fused-ring (bicyclic) bond motifs is 1. The number of rotatable bonds is 4. The highest BCUT2D eigenvalue weighted by molar-refractivity contribution is 5.94. The molecule has 0 radical (unpaired) electrons. The molecule has 142 valence electrons. The van der Waals surface area contributed by atoms with Gasteiger partial charge in [-0.1, -0.05) is 6.07 Å². The van der Waals surface area contributed by atoms with Crippen molar-refractivity contribution in [2.24, 2.45) is 0 Å². The molecule has 0 unspecified atom stereocenters. The molecule has 2 aromatic heterocycles. The van der Waals surface area contributed by atoms with Crippen LogP contribution in [-0.2, 0) is 0 Å². The fourth-order valence-corrected chi connectivity index (χ4v) is 2.83. The number of H-pyrrole nitrogens is 2. The third-order valence-corrected chi connectivity index (χ3v) is 4.19. The first-order valence-electron chi connectivity index (χ1n) is 8.40. The Kier molecular flexibility index (Phi) is 4.26. The number of anilines is 3. The van der Waals surface area contributed by atoms with Crippen molar-refractivity contribution < 1.29 is 8.78 Å². The Hall–Kier alpha value is -3.75. The Morgan fingerprint density at radius 3 is 2.54 bits per heavy atom. The van der Waals surface area contributed by atoms with Crippen molar-refractivity contribution in [1.29, 1.82) is 0 Å². The number of benzene rings is 2. The molecule has 7 nitrogen and oxygen atoms in total. The van der Waals surface area contributed by atoms with Crippen LogP contribution in [0.25, 0.3) is 22.3 Å². The zero-order valence-corrected chi connectivity index (χ0v) is 15.0. The van der Waals surface area contributed by atoms with Crippen LogP contribution in [0.15, 0.2) is 47.3 Å². The second-order valence-electron chi connectivity index (χ2n) is 6.40. The molecular formula is C19H16F2N6O. The van der Waals surface area contributed by atoms with Gasteiger partial charge in [-0.3, -0.25) is 14.9 Å². The molecule has 0 saturated heterocycles. The smallest absolute Gasteiger partial charge is 0.252 e. The molecule has 0 amide bonds. The number of nitrogens with zero attached hydrogens (tertiary/aromatic N) is 3. The quantitative estimate of drug-likeness (QED) is 0.503. The van der Waals surface area contributed by atoms with Crippen molar-refractivity contribution in [1.82, 2.24) is 20.2 Å². The van der Waals surface area contributed by atoms with Crippen LogP contribution >= 0.6 is 0 Å². The van der Waals surface area contributed by atoms with Gasteiger partial charge in [0.1, 0.15) is 28.7 Å². The van der Waals surface area contributed by atoms with Crippen molar-refractivity contribution in [2.45, 2.75) is 0 Å². The molecule has 0 atom stereocenters. The maximum atomic E-state index is 13.9. The van der Waals surface area contributed by atoms with E-state index in [1.807, 2.05) is 0 Å². The lowest BCUT2D eigenvalue weighted by atomic mass is 10.1. The Bertz CT molecular complexity index is 1210. The van der Waals surface area contributed by atoms with Gasteiger partial charge in [-0.25, -0.2) is 13.8 Å². The lowest BCUT2D eigenvalue weighted by Crippen LogP contribution is -2.18. The molecule has 2 heterocycles. The monoisotopic (exact) mass is 382 g/mol. The zero-order chi connectivity index (χ0) is 19.8. The van der Waals surface area contributed by atoms with Gasteiger partial charge in [-0.05, 0) is 30.3 Å². The van der Waals surface area contributed by atoms with E-state index in [0.29, 0.717) is 33.9 Å². The zero-order valence-electron chi connectivity index (χ0n) is 15.0. The third-order valence-electron chi connectivity index (χ3n) is 4.19. The van der Waals surface area contributed by atoms with Crippen LogP contribution in [0, 0.1) is 11.6 Å². The highest BCUT2D eigenvalue weighted by Gasteiger charge is 2.14. The Balaban J connectivity index is 1.80. The van der Waals surface area contributed by atoms with Gasteiger partial charge in [0.25, 0.3) is 5.56 Å². The molecule has 4 rings (SSSR count). The number of nitrogens with one attached hydrogen (secondary N) is 3. The molecule has 2 aromatic carbocycles. The molecular weight excluding hydrogens is 366 g/mol. The first kappa shape index (κ1) is 17.7. The number of aromatic nitrogens is 4. The minimum Gasteiger partial charge on any atom is -0.351 e. The van der Waals surface area contributed by atoms with E-state index in [4.69, 9.17) is 0 Å². The van der Waals surface area contributed by atoms with Crippen LogP contribution in [0.5, 0.6) is 0 Å². The van der Waals surface area contributed by atoms with Crippen molar-refractivity contribution in [3.8, 4) is 11.4 Å². The van der Waals surface area contributed by atoms with Crippen LogP contribution in [0.4, 0.5) is 26.1 Å². The van der Waals surface area contributed by atoms with Gasteiger partial charge in [0.2, 0.25) is 5.95 Å². The van der Waals surface area contributed by atoms with Crippen molar-refractivity contribution in [3.63, 3.8) is 0 Å².